The molecule has 4 nitrogen and oxygen atoms in total. The van der Waals surface area contributed by atoms with Gasteiger partial charge in [0.2, 0.25) is 0 Å². The number of H-pyrrole nitrogens is 1. The first-order valence-electron chi connectivity index (χ1n) is 9.16. The molecule has 0 saturated heterocycles. The Morgan fingerprint density at radius 1 is 1.22 bits per heavy atom. The van der Waals surface area contributed by atoms with Gasteiger partial charge in [-0.2, -0.15) is 0 Å². The second-order valence-electron chi connectivity index (χ2n) is 6.96. The minimum Gasteiger partial charge on any atom is -0.405 e. The average Bonchev–Trinajstić information content (AvgIpc) is 3.01. The number of aromatic amines is 1. The monoisotopic (exact) mass is 380 g/mol. The summed E-state index contributed by atoms with van der Waals surface area (Å²) < 4.78 is 42.4. The van der Waals surface area contributed by atoms with E-state index in [-0.39, 0.29) is 17.2 Å². The first kappa shape index (κ1) is 19.3. The van der Waals surface area contributed by atoms with E-state index in [0.29, 0.717) is 29.3 Å². The second-order valence-corrected chi connectivity index (χ2v) is 6.96. The summed E-state index contributed by atoms with van der Waals surface area (Å²) in [6.45, 7) is 2.31. The first-order chi connectivity index (χ1) is 12.8. The largest absolute Gasteiger partial charge is 0.573 e. The van der Waals surface area contributed by atoms with Crippen LogP contribution in [0, 0.1) is 12.8 Å². The van der Waals surface area contributed by atoms with Crippen molar-refractivity contribution in [3.05, 3.63) is 41.7 Å². The third kappa shape index (κ3) is 4.84. The number of alkyl halides is 3. The summed E-state index contributed by atoms with van der Waals surface area (Å²) in [4.78, 5) is 15.6. The molecule has 2 N–H and O–H groups in total. The Balaban J connectivity index is 1.83. The summed E-state index contributed by atoms with van der Waals surface area (Å²) in [5.74, 6) is -0.150. The molecule has 146 valence electrons. The smallest absolute Gasteiger partial charge is 0.405 e. The SMILES string of the molecule is Cc1[nH]cc(C(=O)NCC2CCCCC2)c1-c1ccccc1OC(F)(F)F. The molecule has 1 amide bonds. The number of para-hydroxylation sites is 1. The van der Waals surface area contributed by atoms with E-state index in [1.165, 1.54) is 43.7 Å². The van der Waals surface area contributed by atoms with Crippen LogP contribution in [0.15, 0.2) is 30.5 Å². The number of nitrogens with one attached hydrogen (secondary N) is 2. The van der Waals surface area contributed by atoms with Crippen LogP contribution in [0.25, 0.3) is 11.1 Å². The lowest BCUT2D eigenvalue weighted by molar-refractivity contribution is -0.274. The van der Waals surface area contributed by atoms with Crippen LogP contribution < -0.4 is 10.1 Å². The van der Waals surface area contributed by atoms with Crippen LogP contribution in [0.3, 0.4) is 0 Å². The third-order valence-electron chi connectivity index (χ3n) is 4.98. The Bertz CT molecular complexity index is 793. The molecule has 1 aliphatic carbocycles. The van der Waals surface area contributed by atoms with Crippen molar-refractivity contribution in [1.29, 1.82) is 0 Å². The predicted octanol–water partition coefficient (Wildman–Crippen LogP) is 5.20. The molecule has 27 heavy (non-hydrogen) atoms. The Hall–Kier alpha value is -2.44. The van der Waals surface area contributed by atoms with E-state index in [0.717, 1.165) is 12.8 Å². The number of aromatic nitrogens is 1. The van der Waals surface area contributed by atoms with Gasteiger partial charge >= 0.3 is 6.36 Å². The highest BCUT2D eigenvalue weighted by Gasteiger charge is 2.33. The highest BCUT2D eigenvalue weighted by molar-refractivity contribution is 6.02. The van der Waals surface area contributed by atoms with Gasteiger partial charge in [-0.15, -0.1) is 13.2 Å². The van der Waals surface area contributed by atoms with Gasteiger partial charge in [-0.25, -0.2) is 0 Å². The molecule has 0 bridgehead atoms. The minimum atomic E-state index is -4.80. The molecule has 1 fully saturated rings. The number of benzene rings is 1. The lowest BCUT2D eigenvalue weighted by Crippen LogP contribution is -2.30. The van der Waals surface area contributed by atoms with Gasteiger partial charge in [0, 0.05) is 29.6 Å². The summed E-state index contributed by atoms with van der Waals surface area (Å²) in [6.07, 6.45) is 2.52. The number of carbonyl (C=O) groups is 1. The molecular weight excluding hydrogens is 357 g/mol. The van der Waals surface area contributed by atoms with Crippen LogP contribution in [0.5, 0.6) is 5.75 Å². The maximum absolute atomic E-state index is 12.7. The fraction of sp³-hybridized carbons (Fsp3) is 0.450. The molecule has 1 aromatic heterocycles. The van der Waals surface area contributed by atoms with Crippen LogP contribution in [0.1, 0.15) is 48.2 Å². The zero-order valence-corrected chi connectivity index (χ0v) is 15.2. The van der Waals surface area contributed by atoms with Crippen LogP contribution in [0.4, 0.5) is 13.2 Å². The highest BCUT2D eigenvalue weighted by atomic mass is 19.4. The van der Waals surface area contributed by atoms with Crippen molar-refractivity contribution < 1.29 is 22.7 Å². The molecule has 1 aliphatic rings. The quantitative estimate of drug-likeness (QED) is 0.749. The second kappa shape index (κ2) is 8.06. The van der Waals surface area contributed by atoms with Gasteiger partial charge in [-0.3, -0.25) is 4.79 Å². The molecule has 1 aromatic carbocycles. The Morgan fingerprint density at radius 2 is 1.93 bits per heavy atom. The van der Waals surface area contributed by atoms with Crippen molar-refractivity contribution in [2.45, 2.75) is 45.4 Å². The van der Waals surface area contributed by atoms with E-state index in [4.69, 9.17) is 0 Å². The number of amides is 1. The van der Waals surface area contributed by atoms with E-state index < -0.39 is 6.36 Å². The predicted molar refractivity (Wildman–Crippen MR) is 96.6 cm³/mol. The highest BCUT2D eigenvalue weighted by Crippen LogP contribution is 2.37. The number of carbonyl (C=O) groups excluding carboxylic acids is 1. The van der Waals surface area contributed by atoms with Gasteiger partial charge in [0.05, 0.1) is 5.56 Å². The van der Waals surface area contributed by atoms with Crippen LogP contribution in [0.2, 0.25) is 0 Å². The van der Waals surface area contributed by atoms with E-state index in [1.54, 1.807) is 13.0 Å². The van der Waals surface area contributed by atoms with E-state index >= 15 is 0 Å². The van der Waals surface area contributed by atoms with Crippen LogP contribution in [-0.4, -0.2) is 23.8 Å². The van der Waals surface area contributed by atoms with Crippen molar-refractivity contribution in [3.8, 4) is 16.9 Å². The molecular formula is C20H23F3N2O2. The lowest BCUT2D eigenvalue weighted by Gasteiger charge is -2.21. The van der Waals surface area contributed by atoms with E-state index in [1.807, 2.05) is 0 Å². The third-order valence-corrected chi connectivity index (χ3v) is 4.98. The Labute approximate surface area is 156 Å². The molecule has 0 atom stereocenters. The van der Waals surface area contributed by atoms with E-state index in [9.17, 15) is 18.0 Å². The molecule has 3 rings (SSSR count). The van der Waals surface area contributed by atoms with Crippen molar-refractivity contribution in [2.24, 2.45) is 5.92 Å². The zero-order chi connectivity index (χ0) is 19.4. The number of ether oxygens (including phenoxy) is 1. The van der Waals surface area contributed by atoms with Gasteiger partial charge in [0.1, 0.15) is 5.75 Å². The van der Waals surface area contributed by atoms with Gasteiger partial charge in [-0.05, 0) is 31.7 Å². The Morgan fingerprint density at radius 3 is 2.63 bits per heavy atom. The van der Waals surface area contributed by atoms with Crippen LogP contribution in [-0.2, 0) is 0 Å². The standard InChI is InChI=1S/C20H23F3N2O2/c1-13-18(15-9-5-6-10-17(15)27-20(21,22)23)16(12-24-13)19(26)25-11-14-7-3-2-4-8-14/h5-6,9-10,12,14,24H,2-4,7-8,11H2,1H3,(H,25,26). The normalized spacial score (nSPS) is 15.6. The van der Waals surface area contributed by atoms with E-state index in [2.05, 4.69) is 15.0 Å². The fourth-order valence-electron chi connectivity index (χ4n) is 3.66. The van der Waals surface area contributed by atoms with Gasteiger partial charge in [0.15, 0.2) is 0 Å². The lowest BCUT2D eigenvalue weighted by atomic mass is 9.89. The number of hydrogen-bond donors (Lipinski definition) is 2. The fourth-order valence-corrected chi connectivity index (χ4v) is 3.66. The summed E-state index contributed by atoms with van der Waals surface area (Å²) in [5, 5.41) is 2.94. The molecule has 0 spiro atoms. The molecule has 0 unspecified atom stereocenters. The van der Waals surface area contributed by atoms with Gasteiger partial charge < -0.3 is 15.0 Å². The Kier molecular flexibility index (Phi) is 5.77. The summed E-state index contributed by atoms with van der Waals surface area (Å²) in [6, 6.07) is 5.86. The summed E-state index contributed by atoms with van der Waals surface area (Å²) >= 11 is 0. The molecule has 1 saturated carbocycles. The first-order valence-corrected chi connectivity index (χ1v) is 9.16. The molecule has 1 heterocycles. The zero-order valence-electron chi connectivity index (χ0n) is 15.2. The number of hydrogen-bond acceptors (Lipinski definition) is 2. The maximum Gasteiger partial charge on any atom is 0.573 e. The molecule has 7 heteroatoms. The topological polar surface area (TPSA) is 54.1 Å². The van der Waals surface area contributed by atoms with Crippen molar-refractivity contribution in [3.63, 3.8) is 0 Å². The van der Waals surface area contributed by atoms with Crippen molar-refractivity contribution in [2.75, 3.05) is 6.54 Å². The summed E-state index contributed by atoms with van der Waals surface area (Å²) in [5.41, 5.74) is 1.59. The molecule has 2 aromatic rings. The van der Waals surface area contributed by atoms with Crippen molar-refractivity contribution in [1.82, 2.24) is 10.3 Å². The maximum atomic E-state index is 12.7. The molecule has 0 radical (unpaired) electrons. The number of rotatable bonds is 5. The molecule has 0 aliphatic heterocycles. The number of aryl methyl sites for hydroxylation is 1. The van der Waals surface area contributed by atoms with Crippen molar-refractivity contribution >= 4 is 5.91 Å². The minimum absolute atomic E-state index is 0.233. The van der Waals surface area contributed by atoms with Crippen LogP contribution >= 0.6 is 0 Å². The summed E-state index contributed by atoms with van der Waals surface area (Å²) in [7, 11) is 0. The van der Waals surface area contributed by atoms with Gasteiger partial charge in [-0.1, -0.05) is 37.5 Å². The number of halogens is 3. The average molecular weight is 380 g/mol. The van der Waals surface area contributed by atoms with Gasteiger partial charge in [0.25, 0.3) is 5.91 Å².